The molecule has 0 aliphatic heterocycles. The Kier molecular flexibility index (Phi) is 3.68. The first-order valence-electron chi connectivity index (χ1n) is 6.89. The van der Waals surface area contributed by atoms with Crippen molar-refractivity contribution in [2.24, 2.45) is 0 Å². The molecule has 0 radical (unpaired) electrons. The van der Waals surface area contributed by atoms with Crippen LogP contribution in [0.1, 0.15) is 29.9 Å². The van der Waals surface area contributed by atoms with Crippen LogP contribution in [0.5, 0.6) is 0 Å². The van der Waals surface area contributed by atoms with Crippen molar-refractivity contribution in [3.8, 4) is 0 Å². The molecule has 2 aromatic carbocycles. The molecule has 0 spiro atoms. The lowest BCUT2D eigenvalue weighted by Crippen LogP contribution is -2.11. The van der Waals surface area contributed by atoms with Crippen molar-refractivity contribution in [2.75, 3.05) is 0 Å². The first kappa shape index (κ1) is 14.1. The minimum Gasteiger partial charge on any atom is -0.320 e. The number of fused-ring (bicyclic) bond motifs is 1. The first-order chi connectivity index (χ1) is 10.1. The van der Waals surface area contributed by atoms with E-state index >= 15 is 0 Å². The van der Waals surface area contributed by atoms with Crippen LogP contribution in [0, 0.1) is 12.7 Å². The SMILES string of the molecule is Cc1ccc2c(c1)nc(CCl)n2C(C)c1ccccc1F. The zero-order chi connectivity index (χ0) is 15.0. The van der Waals surface area contributed by atoms with Crippen LogP contribution >= 0.6 is 11.6 Å². The van der Waals surface area contributed by atoms with Gasteiger partial charge in [0.25, 0.3) is 0 Å². The summed E-state index contributed by atoms with van der Waals surface area (Å²) < 4.78 is 16.1. The van der Waals surface area contributed by atoms with E-state index in [2.05, 4.69) is 4.98 Å². The average Bonchev–Trinajstić information content (AvgIpc) is 2.84. The van der Waals surface area contributed by atoms with E-state index in [0.29, 0.717) is 11.4 Å². The molecule has 0 fully saturated rings. The molecule has 1 atom stereocenters. The molecular weight excluding hydrogens is 287 g/mol. The summed E-state index contributed by atoms with van der Waals surface area (Å²) in [5.74, 6) is 0.847. The fraction of sp³-hybridized carbons (Fsp3) is 0.235. The topological polar surface area (TPSA) is 17.8 Å². The standard InChI is InChI=1S/C17H16ClFN2/c1-11-7-8-16-15(9-11)20-17(10-18)21(16)12(2)13-5-3-4-6-14(13)19/h3-9,12H,10H2,1-2H3. The fourth-order valence-electron chi connectivity index (χ4n) is 2.74. The van der Waals surface area contributed by atoms with Gasteiger partial charge in [0.2, 0.25) is 0 Å². The summed E-state index contributed by atoms with van der Waals surface area (Å²) in [7, 11) is 0. The highest BCUT2D eigenvalue weighted by atomic mass is 35.5. The summed E-state index contributed by atoms with van der Waals surface area (Å²) in [4.78, 5) is 4.58. The Morgan fingerprint density at radius 3 is 2.71 bits per heavy atom. The van der Waals surface area contributed by atoms with Crippen molar-refractivity contribution >= 4 is 22.6 Å². The first-order valence-corrected chi connectivity index (χ1v) is 7.43. The number of rotatable bonds is 3. The lowest BCUT2D eigenvalue weighted by Gasteiger charge is -2.18. The third kappa shape index (κ3) is 2.42. The van der Waals surface area contributed by atoms with Crippen molar-refractivity contribution in [3.05, 3.63) is 65.2 Å². The average molecular weight is 303 g/mol. The second kappa shape index (κ2) is 5.49. The molecule has 3 aromatic rings. The maximum absolute atomic E-state index is 14.1. The summed E-state index contributed by atoms with van der Waals surface area (Å²) in [5, 5.41) is 0. The van der Waals surface area contributed by atoms with Gasteiger partial charge >= 0.3 is 0 Å². The number of hydrogen-bond acceptors (Lipinski definition) is 1. The lowest BCUT2D eigenvalue weighted by molar-refractivity contribution is 0.556. The normalized spacial score (nSPS) is 12.8. The molecule has 0 amide bonds. The molecule has 0 saturated carbocycles. The van der Waals surface area contributed by atoms with E-state index in [9.17, 15) is 4.39 Å². The Balaban J connectivity index is 2.21. The molecule has 2 nitrogen and oxygen atoms in total. The van der Waals surface area contributed by atoms with Gasteiger partial charge < -0.3 is 4.57 Å². The van der Waals surface area contributed by atoms with Crippen molar-refractivity contribution in [1.82, 2.24) is 9.55 Å². The quantitative estimate of drug-likeness (QED) is 0.634. The molecule has 1 heterocycles. The number of imidazole rings is 1. The number of aryl methyl sites for hydroxylation is 1. The van der Waals surface area contributed by atoms with Crippen LogP contribution in [0.2, 0.25) is 0 Å². The highest BCUT2D eigenvalue weighted by Crippen LogP contribution is 2.28. The van der Waals surface area contributed by atoms with E-state index in [1.807, 2.05) is 42.7 Å². The van der Waals surface area contributed by atoms with Crippen LogP contribution < -0.4 is 0 Å². The fourth-order valence-corrected chi connectivity index (χ4v) is 2.93. The van der Waals surface area contributed by atoms with Gasteiger partial charge in [-0.1, -0.05) is 24.3 Å². The van der Waals surface area contributed by atoms with Gasteiger partial charge in [0, 0.05) is 5.56 Å². The van der Waals surface area contributed by atoms with Gasteiger partial charge in [-0.2, -0.15) is 0 Å². The Morgan fingerprint density at radius 2 is 2.00 bits per heavy atom. The van der Waals surface area contributed by atoms with Crippen molar-refractivity contribution in [2.45, 2.75) is 25.8 Å². The highest BCUT2D eigenvalue weighted by molar-refractivity contribution is 6.16. The van der Waals surface area contributed by atoms with E-state index < -0.39 is 0 Å². The maximum atomic E-state index is 14.1. The maximum Gasteiger partial charge on any atom is 0.128 e. The molecule has 1 unspecified atom stereocenters. The van der Waals surface area contributed by atoms with Crippen LogP contribution in [0.15, 0.2) is 42.5 Å². The predicted molar refractivity (Wildman–Crippen MR) is 84.2 cm³/mol. The third-order valence-corrected chi connectivity index (χ3v) is 4.02. The van der Waals surface area contributed by atoms with Crippen molar-refractivity contribution in [3.63, 3.8) is 0 Å². The highest BCUT2D eigenvalue weighted by Gasteiger charge is 2.19. The summed E-state index contributed by atoms with van der Waals surface area (Å²) in [5.41, 5.74) is 3.66. The Morgan fingerprint density at radius 1 is 1.24 bits per heavy atom. The van der Waals surface area contributed by atoms with Crippen molar-refractivity contribution in [1.29, 1.82) is 0 Å². The van der Waals surface area contributed by atoms with Gasteiger partial charge in [-0.15, -0.1) is 11.6 Å². The number of halogens is 2. The second-order valence-electron chi connectivity index (χ2n) is 5.22. The lowest BCUT2D eigenvalue weighted by atomic mass is 10.1. The van der Waals surface area contributed by atoms with Crippen LogP contribution in [0.4, 0.5) is 4.39 Å². The van der Waals surface area contributed by atoms with E-state index in [1.54, 1.807) is 12.1 Å². The molecule has 0 aliphatic carbocycles. The largest absolute Gasteiger partial charge is 0.320 e. The molecule has 4 heteroatoms. The van der Waals surface area contributed by atoms with Gasteiger partial charge in [-0.05, 0) is 37.6 Å². The van der Waals surface area contributed by atoms with Crippen molar-refractivity contribution < 1.29 is 4.39 Å². The second-order valence-corrected chi connectivity index (χ2v) is 5.49. The Labute approximate surface area is 128 Å². The minimum atomic E-state index is -0.209. The zero-order valence-electron chi connectivity index (χ0n) is 12.0. The monoisotopic (exact) mass is 302 g/mol. The Bertz CT molecular complexity index is 795. The molecule has 0 saturated heterocycles. The summed E-state index contributed by atoms with van der Waals surface area (Å²) >= 11 is 6.04. The molecule has 0 N–H and O–H groups in total. The van der Waals surface area contributed by atoms with Gasteiger partial charge in [0.15, 0.2) is 0 Å². The molecule has 21 heavy (non-hydrogen) atoms. The number of hydrogen-bond donors (Lipinski definition) is 0. The van der Waals surface area contributed by atoms with Crippen LogP contribution in [-0.2, 0) is 5.88 Å². The smallest absolute Gasteiger partial charge is 0.128 e. The van der Waals surface area contributed by atoms with E-state index in [4.69, 9.17) is 11.6 Å². The molecule has 3 rings (SSSR count). The number of nitrogens with zero attached hydrogens (tertiary/aromatic N) is 2. The zero-order valence-corrected chi connectivity index (χ0v) is 12.7. The van der Waals surface area contributed by atoms with Crippen LogP contribution in [0.25, 0.3) is 11.0 Å². The molecule has 1 aromatic heterocycles. The van der Waals surface area contributed by atoms with Crippen LogP contribution in [-0.4, -0.2) is 9.55 Å². The minimum absolute atomic E-state index is 0.160. The van der Waals surface area contributed by atoms with E-state index in [1.165, 1.54) is 6.07 Å². The number of alkyl halides is 1. The predicted octanol–water partition coefficient (Wildman–Crippen LogP) is 4.83. The summed E-state index contributed by atoms with van der Waals surface area (Å²) in [6.45, 7) is 3.99. The van der Waals surface area contributed by atoms with Gasteiger partial charge in [-0.25, -0.2) is 9.37 Å². The molecule has 0 bridgehead atoms. The van der Waals surface area contributed by atoms with Crippen LogP contribution in [0.3, 0.4) is 0 Å². The summed E-state index contributed by atoms with van der Waals surface area (Å²) in [6.07, 6.45) is 0. The number of aromatic nitrogens is 2. The Hall–Kier alpha value is -1.87. The van der Waals surface area contributed by atoms with Gasteiger partial charge in [0.1, 0.15) is 11.6 Å². The third-order valence-electron chi connectivity index (χ3n) is 3.78. The van der Waals surface area contributed by atoms with E-state index in [0.717, 1.165) is 22.4 Å². The summed E-state index contributed by atoms with van der Waals surface area (Å²) in [6, 6.07) is 12.7. The molecular formula is C17H16ClFN2. The van der Waals surface area contributed by atoms with Gasteiger partial charge in [-0.3, -0.25) is 0 Å². The van der Waals surface area contributed by atoms with E-state index in [-0.39, 0.29) is 11.9 Å². The van der Waals surface area contributed by atoms with Gasteiger partial charge in [0.05, 0.1) is 23.0 Å². The molecule has 0 aliphatic rings. The number of benzene rings is 2. The molecule has 108 valence electrons.